The van der Waals surface area contributed by atoms with E-state index in [4.69, 9.17) is 0 Å². The fraction of sp³-hybridized carbons (Fsp3) is 1.00. The van der Waals surface area contributed by atoms with Crippen molar-refractivity contribution in [1.82, 2.24) is 9.80 Å². The van der Waals surface area contributed by atoms with Gasteiger partial charge in [-0.2, -0.15) is 0 Å². The Morgan fingerprint density at radius 1 is 0.500 bits per heavy atom. The van der Waals surface area contributed by atoms with Gasteiger partial charge in [0, 0.05) is 12.1 Å². The number of hydrogen-bond donors (Lipinski definition) is 0. The summed E-state index contributed by atoms with van der Waals surface area (Å²) in [5.41, 5.74) is 0. The number of nitrogens with zero attached hydrogens (tertiary/aromatic N) is 2. The van der Waals surface area contributed by atoms with Crippen molar-refractivity contribution in [2.75, 3.05) is 28.2 Å². The van der Waals surface area contributed by atoms with Crippen LogP contribution in [0.25, 0.3) is 0 Å². The van der Waals surface area contributed by atoms with Gasteiger partial charge in [-0.15, -0.1) is 0 Å². The minimum Gasteiger partial charge on any atom is -0.306 e. The summed E-state index contributed by atoms with van der Waals surface area (Å²) in [6.45, 7) is 4.59. The highest BCUT2D eigenvalue weighted by Crippen LogP contribution is 2.18. The molecule has 2 heteroatoms. The number of hydrogen-bond acceptors (Lipinski definition) is 2. The van der Waals surface area contributed by atoms with Crippen molar-refractivity contribution in [2.45, 2.75) is 103 Å². The average Bonchev–Trinajstić information content (AvgIpc) is 2.47. The van der Waals surface area contributed by atoms with Gasteiger partial charge in [-0.25, -0.2) is 0 Å². The van der Waals surface area contributed by atoms with Crippen LogP contribution < -0.4 is 0 Å². The van der Waals surface area contributed by atoms with E-state index in [1.54, 1.807) is 0 Å². The summed E-state index contributed by atoms with van der Waals surface area (Å²) in [5.74, 6) is 0. The molecule has 0 aliphatic rings. The molecule has 0 heterocycles. The van der Waals surface area contributed by atoms with Crippen molar-refractivity contribution >= 4 is 0 Å². The Balaban J connectivity index is 4.00. The second kappa shape index (κ2) is 14.5. The summed E-state index contributed by atoms with van der Waals surface area (Å²) in [6, 6.07) is 1.57. The lowest BCUT2D eigenvalue weighted by molar-refractivity contribution is 0.222. The number of unbranched alkanes of at least 4 members (excludes halogenated alkanes) is 5. The normalized spacial score (nSPS) is 14.7. The van der Waals surface area contributed by atoms with E-state index in [9.17, 15) is 0 Å². The maximum Gasteiger partial charge on any atom is 0.00891 e. The lowest BCUT2D eigenvalue weighted by Crippen LogP contribution is -2.30. The Hall–Kier alpha value is -0.0800. The Kier molecular flexibility index (Phi) is 14.5. The maximum atomic E-state index is 2.45. The molecule has 0 aliphatic carbocycles. The fourth-order valence-electron chi connectivity index (χ4n) is 3.35. The second-order valence-corrected chi connectivity index (χ2v) is 7.51. The van der Waals surface area contributed by atoms with Gasteiger partial charge in [0.1, 0.15) is 0 Å². The molecule has 0 unspecified atom stereocenters. The standard InChI is InChI=1S/C20H44N2/c1-7-9-11-13-16-20(22(5)6)18-14-17-19(21(3)4)15-12-10-8-2/h19-20H,7-18H2,1-6H3/t19-,20+/m0/s1. The van der Waals surface area contributed by atoms with Crippen molar-refractivity contribution in [1.29, 1.82) is 0 Å². The first-order chi connectivity index (χ1) is 10.5. The van der Waals surface area contributed by atoms with Gasteiger partial charge in [-0.1, -0.05) is 65.2 Å². The molecular weight excluding hydrogens is 268 g/mol. The molecule has 134 valence electrons. The van der Waals surface area contributed by atoms with Crippen molar-refractivity contribution in [3.8, 4) is 0 Å². The summed E-state index contributed by atoms with van der Waals surface area (Å²) >= 11 is 0. The Morgan fingerprint density at radius 2 is 0.864 bits per heavy atom. The molecule has 0 N–H and O–H groups in total. The first kappa shape index (κ1) is 21.9. The summed E-state index contributed by atoms with van der Waals surface area (Å²) < 4.78 is 0. The molecule has 0 aliphatic heterocycles. The molecule has 0 aromatic carbocycles. The van der Waals surface area contributed by atoms with Crippen LogP contribution in [0.4, 0.5) is 0 Å². The lowest BCUT2D eigenvalue weighted by atomic mass is 9.97. The average molecular weight is 313 g/mol. The molecule has 2 nitrogen and oxygen atoms in total. The SMILES string of the molecule is CCCCCC[C@H](CCC[C@H](CCCCC)N(C)C)N(C)C. The van der Waals surface area contributed by atoms with Crippen LogP contribution in [0.1, 0.15) is 90.9 Å². The quantitative estimate of drug-likeness (QED) is 0.365. The monoisotopic (exact) mass is 312 g/mol. The van der Waals surface area contributed by atoms with E-state index in [-0.39, 0.29) is 0 Å². The highest BCUT2D eigenvalue weighted by molar-refractivity contribution is 4.71. The Labute approximate surface area is 141 Å². The van der Waals surface area contributed by atoms with Gasteiger partial charge in [0.05, 0.1) is 0 Å². The van der Waals surface area contributed by atoms with Crippen LogP contribution in [0.5, 0.6) is 0 Å². The molecule has 0 saturated carbocycles. The largest absolute Gasteiger partial charge is 0.306 e. The molecule has 0 saturated heterocycles. The Morgan fingerprint density at radius 3 is 1.27 bits per heavy atom. The van der Waals surface area contributed by atoms with Crippen LogP contribution in [-0.4, -0.2) is 50.1 Å². The van der Waals surface area contributed by atoms with Gasteiger partial charge in [0.25, 0.3) is 0 Å². The van der Waals surface area contributed by atoms with Crippen molar-refractivity contribution < 1.29 is 0 Å². The first-order valence-electron chi connectivity index (χ1n) is 9.85. The van der Waals surface area contributed by atoms with Crippen molar-refractivity contribution in [3.63, 3.8) is 0 Å². The van der Waals surface area contributed by atoms with E-state index in [1.165, 1.54) is 77.0 Å². The molecule has 2 atom stereocenters. The zero-order valence-electron chi connectivity index (χ0n) is 16.5. The van der Waals surface area contributed by atoms with E-state index in [0.29, 0.717) is 0 Å². The van der Waals surface area contributed by atoms with E-state index >= 15 is 0 Å². The van der Waals surface area contributed by atoms with Crippen LogP contribution in [-0.2, 0) is 0 Å². The van der Waals surface area contributed by atoms with Gasteiger partial charge in [-0.3, -0.25) is 0 Å². The van der Waals surface area contributed by atoms with Crippen LogP contribution in [0.2, 0.25) is 0 Å². The molecule has 0 fully saturated rings. The molecule has 0 aromatic rings. The minimum absolute atomic E-state index is 0.787. The third-order valence-corrected chi connectivity index (χ3v) is 5.07. The second-order valence-electron chi connectivity index (χ2n) is 7.51. The zero-order chi connectivity index (χ0) is 16.8. The predicted octanol–water partition coefficient (Wildman–Crippen LogP) is 5.57. The predicted molar refractivity (Wildman–Crippen MR) is 102 cm³/mol. The van der Waals surface area contributed by atoms with E-state index in [1.807, 2.05) is 0 Å². The third-order valence-electron chi connectivity index (χ3n) is 5.07. The summed E-state index contributed by atoms with van der Waals surface area (Å²) in [4.78, 5) is 4.90. The van der Waals surface area contributed by atoms with Gasteiger partial charge in [0.15, 0.2) is 0 Å². The Bertz CT molecular complexity index is 226. The molecular formula is C20H44N2. The van der Waals surface area contributed by atoms with Crippen molar-refractivity contribution in [3.05, 3.63) is 0 Å². The number of rotatable bonds is 15. The van der Waals surface area contributed by atoms with E-state index < -0.39 is 0 Å². The van der Waals surface area contributed by atoms with Gasteiger partial charge < -0.3 is 9.80 Å². The lowest BCUT2D eigenvalue weighted by Gasteiger charge is -2.27. The third kappa shape index (κ3) is 11.5. The van der Waals surface area contributed by atoms with Gasteiger partial charge >= 0.3 is 0 Å². The molecule has 22 heavy (non-hydrogen) atoms. The highest BCUT2D eigenvalue weighted by atomic mass is 15.1. The molecule has 0 aromatic heterocycles. The maximum absolute atomic E-state index is 2.45. The molecule has 0 spiro atoms. The van der Waals surface area contributed by atoms with Gasteiger partial charge in [-0.05, 0) is 53.9 Å². The molecule has 0 amide bonds. The van der Waals surface area contributed by atoms with Crippen LogP contribution >= 0.6 is 0 Å². The first-order valence-corrected chi connectivity index (χ1v) is 9.85. The molecule has 0 radical (unpaired) electrons. The van der Waals surface area contributed by atoms with Crippen LogP contribution in [0, 0.1) is 0 Å². The summed E-state index contributed by atoms with van der Waals surface area (Å²) in [5, 5.41) is 0. The summed E-state index contributed by atoms with van der Waals surface area (Å²) in [6.07, 6.45) is 16.6. The van der Waals surface area contributed by atoms with E-state index in [2.05, 4.69) is 51.8 Å². The van der Waals surface area contributed by atoms with Gasteiger partial charge in [0.2, 0.25) is 0 Å². The minimum atomic E-state index is 0.787. The van der Waals surface area contributed by atoms with Crippen LogP contribution in [0.15, 0.2) is 0 Å². The zero-order valence-corrected chi connectivity index (χ0v) is 16.5. The smallest absolute Gasteiger partial charge is 0.00891 e. The molecule has 0 rings (SSSR count). The van der Waals surface area contributed by atoms with E-state index in [0.717, 1.165) is 12.1 Å². The topological polar surface area (TPSA) is 6.48 Å². The fourth-order valence-corrected chi connectivity index (χ4v) is 3.35. The van der Waals surface area contributed by atoms with Crippen molar-refractivity contribution in [2.24, 2.45) is 0 Å². The summed E-state index contributed by atoms with van der Waals surface area (Å²) in [7, 11) is 9.03. The highest BCUT2D eigenvalue weighted by Gasteiger charge is 2.14. The van der Waals surface area contributed by atoms with Crippen LogP contribution in [0.3, 0.4) is 0 Å². The molecule has 0 bridgehead atoms.